The van der Waals surface area contributed by atoms with Gasteiger partial charge in [-0.15, -0.1) is 0 Å². The van der Waals surface area contributed by atoms with Gasteiger partial charge in [-0.2, -0.15) is 0 Å². The number of likely N-dealkylation sites (tertiary alicyclic amines) is 1. The number of piperidine rings is 1. The van der Waals surface area contributed by atoms with Crippen LogP contribution in [0.3, 0.4) is 0 Å². The van der Waals surface area contributed by atoms with Gasteiger partial charge in [-0.05, 0) is 51.9 Å². The van der Waals surface area contributed by atoms with E-state index >= 15 is 0 Å². The number of aromatic amines is 1. The fourth-order valence-electron chi connectivity index (χ4n) is 3.57. The van der Waals surface area contributed by atoms with E-state index in [-0.39, 0.29) is 12.1 Å². The Kier molecular flexibility index (Phi) is 5.88. The Hall–Kier alpha value is -2.55. The molecule has 0 spiro atoms. The molecule has 8 nitrogen and oxygen atoms in total. The molecule has 1 amide bonds. The lowest BCUT2D eigenvalue weighted by molar-refractivity contribution is 0.0186. The van der Waals surface area contributed by atoms with Crippen LogP contribution in [0.4, 0.5) is 4.79 Å². The maximum atomic E-state index is 12.3. The number of ether oxygens (including phenoxy) is 3. The summed E-state index contributed by atoms with van der Waals surface area (Å²) in [7, 11) is 3.14. The second-order valence-corrected chi connectivity index (χ2v) is 8.49. The summed E-state index contributed by atoms with van der Waals surface area (Å²) < 4.78 is 18.5. The van der Waals surface area contributed by atoms with E-state index in [0.717, 1.165) is 5.52 Å². The van der Waals surface area contributed by atoms with Crippen molar-refractivity contribution >= 4 is 29.2 Å². The predicted octanol–water partition coefficient (Wildman–Crippen LogP) is 3.77. The predicted molar refractivity (Wildman–Crippen MR) is 112 cm³/mol. The Morgan fingerprint density at radius 2 is 1.76 bits per heavy atom. The Labute approximate surface area is 174 Å². The average Bonchev–Trinajstić information content (AvgIpc) is 2.66. The number of H-pyrrole nitrogens is 1. The summed E-state index contributed by atoms with van der Waals surface area (Å²) in [5.41, 5.74) is 0.527. The summed E-state index contributed by atoms with van der Waals surface area (Å²) in [6.07, 6.45) is 1.10. The molecule has 0 radical (unpaired) electrons. The molecule has 1 aromatic carbocycles. The molecule has 2 N–H and O–H groups in total. The van der Waals surface area contributed by atoms with E-state index in [1.807, 2.05) is 25.3 Å². The van der Waals surface area contributed by atoms with Gasteiger partial charge in [0.15, 0.2) is 16.3 Å². The zero-order valence-corrected chi connectivity index (χ0v) is 18.3. The van der Waals surface area contributed by atoms with Crippen molar-refractivity contribution in [1.82, 2.24) is 14.5 Å². The van der Waals surface area contributed by atoms with E-state index in [0.29, 0.717) is 53.1 Å². The van der Waals surface area contributed by atoms with Crippen LogP contribution in [0.1, 0.15) is 39.7 Å². The third-order valence-corrected chi connectivity index (χ3v) is 5.26. The van der Waals surface area contributed by atoms with Crippen LogP contribution in [-0.4, -0.2) is 53.5 Å². The molecule has 29 heavy (non-hydrogen) atoms. The lowest BCUT2D eigenvalue weighted by Crippen LogP contribution is -2.43. The average molecular weight is 421 g/mol. The van der Waals surface area contributed by atoms with Gasteiger partial charge in [-0.3, -0.25) is 9.98 Å². The number of aromatic nitrogens is 2. The smallest absolute Gasteiger partial charge is 0.410 e. The van der Waals surface area contributed by atoms with Gasteiger partial charge >= 0.3 is 6.09 Å². The normalized spacial score (nSPS) is 15.4. The lowest BCUT2D eigenvalue weighted by Gasteiger charge is -2.34. The van der Waals surface area contributed by atoms with Crippen molar-refractivity contribution in [1.29, 1.82) is 5.41 Å². The highest BCUT2D eigenvalue weighted by molar-refractivity contribution is 7.71. The summed E-state index contributed by atoms with van der Waals surface area (Å²) in [5, 5.41) is 9.44. The van der Waals surface area contributed by atoms with Gasteiger partial charge in [-0.1, -0.05) is 0 Å². The Bertz CT molecular complexity index is 1030. The summed E-state index contributed by atoms with van der Waals surface area (Å²) in [6, 6.07) is 3.60. The largest absolute Gasteiger partial charge is 0.493 e. The van der Waals surface area contributed by atoms with Crippen LogP contribution in [0.5, 0.6) is 11.5 Å². The minimum atomic E-state index is -0.516. The first-order chi connectivity index (χ1) is 13.6. The third-order valence-electron chi connectivity index (χ3n) is 4.96. The van der Waals surface area contributed by atoms with Crippen molar-refractivity contribution in [2.75, 3.05) is 27.3 Å². The zero-order valence-electron chi connectivity index (χ0n) is 17.5. The molecule has 1 aliphatic rings. The molecular formula is C20H28N4O4S. The number of benzene rings is 1. The number of carbonyl (C=O) groups is 1. The molecule has 158 valence electrons. The highest BCUT2D eigenvalue weighted by Crippen LogP contribution is 2.31. The number of hydrogen-bond donors (Lipinski definition) is 2. The van der Waals surface area contributed by atoms with Crippen LogP contribution >= 0.6 is 12.2 Å². The van der Waals surface area contributed by atoms with Crippen molar-refractivity contribution in [3.05, 3.63) is 22.4 Å². The summed E-state index contributed by atoms with van der Waals surface area (Å²) in [6.45, 7) is 6.70. The molecule has 1 aliphatic heterocycles. The van der Waals surface area contributed by atoms with E-state index in [2.05, 4.69) is 4.98 Å². The number of amides is 1. The van der Waals surface area contributed by atoms with Crippen molar-refractivity contribution < 1.29 is 19.0 Å². The van der Waals surface area contributed by atoms with Gasteiger partial charge in [0.1, 0.15) is 11.1 Å². The number of nitrogens with one attached hydrogen (secondary N) is 2. The Morgan fingerprint density at radius 1 is 1.17 bits per heavy atom. The highest BCUT2D eigenvalue weighted by Gasteiger charge is 2.28. The second-order valence-electron chi connectivity index (χ2n) is 8.10. The van der Waals surface area contributed by atoms with Crippen molar-refractivity contribution in [2.24, 2.45) is 0 Å². The number of hydrogen-bond acceptors (Lipinski definition) is 6. The first-order valence-electron chi connectivity index (χ1n) is 9.57. The fraction of sp³-hybridized carbons (Fsp3) is 0.550. The van der Waals surface area contributed by atoms with Crippen LogP contribution in [-0.2, 0) is 4.74 Å². The van der Waals surface area contributed by atoms with E-state index in [1.54, 1.807) is 31.3 Å². The summed E-state index contributed by atoms with van der Waals surface area (Å²) >= 11 is 5.55. The van der Waals surface area contributed by atoms with Crippen LogP contribution in [0.15, 0.2) is 12.1 Å². The van der Waals surface area contributed by atoms with Gasteiger partial charge in [0.2, 0.25) is 0 Å². The zero-order chi connectivity index (χ0) is 21.3. The van der Waals surface area contributed by atoms with Gasteiger partial charge in [0.05, 0.1) is 19.7 Å². The van der Waals surface area contributed by atoms with Crippen molar-refractivity contribution in [3.8, 4) is 11.5 Å². The van der Waals surface area contributed by atoms with Crippen LogP contribution in [0.25, 0.3) is 10.9 Å². The van der Waals surface area contributed by atoms with Crippen LogP contribution < -0.4 is 15.0 Å². The molecule has 0 saturated carbocycles. The molecular weight excluding hydrogens is 392 g/mol. The number of fused-ring (bicyclic) bond motifs is 1. The first kappa shape index (κ1) is 21.2. The first-order valence-corrected chi connectivity index (χ1v) is 9.98. The number of carbonyl (C=O) groups excluding carboxylic acids is 1. The third kappa shape index (κ3) is 4.39. The fourth-order valence-corrected chi connectivity index (χ4v) is 3.92. The maximum Gasteiger partial charge on any atom is 0.410 e. The minimum absolute atomic E-state index is 0.0300. The minimum Gasteiger partial charge on any atom is -0.493 e. The van der Waals surface area contributed by atoms with Crippen LogP contribution in [0.2, 0.25) is 0 Å². The Balaban J connectivity index is 1.88. The SMILES string of the molecule is COc1cc2[nH]c(=S)n(C3CCN(C(=O)OC(C)(C)C)CC3)c(=N)c2cc1OC. The molecule has 2 heterocycles. The summed E-state index contributed by atoms with van der Waals surface area (Å²) in [4.78, 5) is 17.2. The highest BCUT2D eigenvalue weighted by atomic mass is 32.1. The van der Waals surface area contributed by atoms with Gasteiger partial charge < -0.3 is 24.1 Å². The molecule has 3 rings (SSSR count). The molecule has 0 atom stereocenters. The topological polar surface area (TPSA) is 92.6 Å². The quantitative estimate of drug-likeness (QED) is 0.738. The standard InChI is InChI=1S/C20H28N4O4S/c1-20(2,3)28-19(25)23-8-6-12(7-9-23)24-17(21)13-10-15(26-4)16(27-5)11-14(13)22-18(24)29/h10-12,21H,6-9H2,1-5H3,(H,22,29). The second kappa shape index (κ2) is 8.06. The van der Waals surface area contributed by atoms with E-state index in [4.69, 9.17) is 31.8 Å². The number of nitrogens with zero attached hydrogens (tertiary/aromatic N) is 2. The molecule has 9 heteroatoms. The monoisotopic (exact) mass is 420 g/mol. The Morgan fingerprint density at radius 3 is 2.31 bits per heavy atom. The van der Waals surface area contributed by atoms with E-state index in [1.165, 1.54) is 0 Å². The summed E-state index contributed by atoms with van der Waals surface area (Å²) in [5.74, 6) is 1.14. The van der Waals surface area contributed by atoms with Gasteiger partial charge in [0, 0.05) is 30.6 Å². The molecule has 2 aromatic rings. The molecule has 0 bridgehead atoms. The van der Waals surface area contributed by atoms with Crippen molar-refractivity contribution in [2.45, 2.75) is 45.3 Å². The van der Waals surface area contributed by atoms with Gasteiger partial charge in [-0.25, -0.2) is 4.79 Å². The number of rotatable bonds is 3. The maximum absolute atomic E-state index is 12.3. The lowest BCUT2D eigenvalue weighted by atomic mass is 10.0. The molecule has 1 fully saturated rings. The number of methoxy groups -OCH3 is 2. The van der Waals surface area contributed by atoms with Gasteiger partial charge in [0.25, 0.3) is 0 Å². The van der Waals surface area contributed by atoms with Crippen molar-refractivity contribution in [3.63, 3.8) is 0 Å². The molecule has 0 unspecified atom stereocenters. The molecule has 0 aliphatic carbocycles. The molecule has 1 saturated heterocycles. The van der Waals surface area contributed by atoms with E-state index in [9.17, 15) is 4.79 Å². The van der Waals surface area contributed by atoms with Crippen LogP contribution in [0, 0.1) is 10.2 Å². The van der Waals surface area contributed by atoms with E-state index < -0.39 is 5.60 Å². The molecule has 1 aromatic heterocycles.